The van der Waals surface area contributed by atoms with Crippen molar-refractivity contribution in [2.45, 2.75) is 57.7 Å². The molecule has 6 heteroatoms. The molecule has 1 amide bonds. The summed E-state index contributed by atoms with van der Waals surface area (Å²) in [6, 6.07) is 0.162. The van der Waals surface area contributed by atoms with Gasteiger partial charge >= 0.3 is 6.18 Å². The summed E-state index contributed by atoms with van der Waals surface area (Å²) >= 11 is 0. The van der Waals surface area contributed by atoms with Crippen LogP contribution in [-0.4, -0.2) is 36.1 Å². The summed E-state index contributed by atoms with van der Waals surface area (Å²) in [4.78, 5) is 14.1. The SMILES string of the molecule is CC(C(=O)N1CCC(C(F)(F)F)CC1)C1CCCC(N)C1. The number of nitrogens with two attached hydrogens (primary N) is 1. The van der Waals surface area contributed by atoms with Gasteiger partial charge in [0.25, 0.3) is 0 Å². The first-order chi connectivity index (χ1) is 9.79. The van der Waals surface area contributed by atoms with Crippen molar-refractivity contribution in [2.24, 2.45) is 23.5 Å². The third-order valence-electron chi connectivity index (χ3n) is 5.12. The fourth-order valence-corrected chi connectivity index (χ4v) is 3.64. The minimum Gasteiger partial charge on any atom is -0.342 e. The van der Waals surface area contributed by atoms with Crippen LogP contribution in [0.15, 0.2) is 0 Å². The van der Waals surface area contributed by atoms with E-state index in [2.05, 4.69) is 0 Å². The van der Waals surface area contributed by atoms with Crippen molar-refractivity contribution in [1.82, 2.24) is 4.90 Å². The molecule has 2 aliphatic rings. The molecule has 0 aromatic rings. The van der Waals surface area contributed by atoms with Gasteiger partial charge in [0.2, 0.25) is 5.91 Å². The van der Waals surface area contributed by atoms with Crippen LogP contribution in [0, 0.1) is 17.8 Å². The topological polar surface area (TPSA) is 46.3 Å². The van der Waals surface area contributed by atoms with E-state index in [1.54, 1.807) is 4.90 Å². The van der Waals surface area contributed by atoms with E-state index in [4.69, 9.17) is 5.73 Å². The van der Waals surface area contributed by atoms with Crippen molar-refractivity contribution in [3.63, 3.8) is 0 Å². The molecule has 21 heavy (non-hydrogen) atoms. The van der Waals surface area contributed by atoms with Crippen LogP contribution in [0.5, 0.6) is 0 Å². The van der Waals surface area contributed by atoms with Crippen LogP contribution >= 0.6 is 0 Å². The van der Waals surface area contributed by atoms with Crippen molar-refractivity contribution in [3.05, 3.63) is 0 Å². The fourth-order valence-electron chi connectivity index (χ4n) is 3.64. The van der Waals surface area contributed by atoms with Crippen molar-refractivity contribution < 1.29 is 18.0 Å². The van der Waals surface area contributed by atoms with E-state index in [1.165, 1.54) is 0 Å². The predicted molar refractivity (Wildman–Crippen MR) is 74.5 cm³/mol. The Hall–Kier alpha value is -0.780. The van der Waals surface area contributed by atoms with Gasteiger partial charge in [0, 0.05) is 25.0 Å². The molecule has 0 radical (unpaired) electrons. The van der Waals surface area contributed by atoms with Gasteiger partial charge < -0.3 is 10.6 Å². The Kier molecular flexibility index (Phi) is 5.17. The highest BCUT2D eigenvalue weighted by Crippen LogP contribution is 2.35. The second-order valence-corrected chi connectivity index (χ2v) is 6.62. The summed E-state index contributed by atoms with van der Waals surface area (Å²) in [7, 11) is 0. The van der Waals surface area contributed by atoms with Gasteiger partial charge in [-0.1, -0.05) is 13.3 Å². The molecular weight excluding hydrogens is 281 g/mol. The lowest BCUT2D eigenvalue weighted by Crippen LogP contribution is -2.46. The molecule has 0 spiro atoms. The Labute approximate surface area is 124 Å². The molecule has 2 rings (SSSR count). The molecule has 3 unspecified atom stereocenters. The highest BCUT2D eigenvalue weighted by Gasteiger charge is 2.42. The average Bonchev–Trinajstić information content (AvgIpc) is 2.45. The monoisotopic (exact) mass is 306 g/mol. The first kappa shape index (κ1) is 16.6. The number of carbonyl (C=O) groups excluding carboxylic acids is 1. The molecular formula is C15H25F3N2O. The third-order valence-corrected chi connectivity index (χ3v) is 5.12. The van der Waals surface area contributed by atoms with Crippen molar-refractivity contribution >= 4 is 5.91 Å². The van der Waals surface area contributed by atoms with Gasteiger partial charge in [0.1, 0.15) is 0 Å². The average molecular weight is 306 g/mol. The predicted octanol–water partition coefficient (Wildman–Crippen LogP) is 2.94. The van der Waals surface area contributed by atoms with Gasteiger partial charge in [-0.2, -0.15) is 13.2 Å². The zero-order valence-electron chi connectivity index (χ0n) is 12.5. The van der Waals surface area contributed by atoms with Gasteiger partial charge in [0.05, 0.1) is 5.92 Å². The van der Waals surface area contributed by atoms with E-state index in [0.717, 1.165) is 25.7 Å². The molecule has 0 aromatic heterocycles. The summed E-state index contributed by atoms with van der Waals surface area (Å²) in [5, 5.41) is 0. The third kappa shape index (κ3) is 4.11. The Morgan fingerprint density at radius 2 is 1.81 bits per heavy atom. The van der Waals surface area contributed by atoms with Crippen LogP contribution in [0.4, 0.5) is 13.2 Å². The fraction of sp³-hybridized carbons (Fsp3) is 0.933. The van der Waals surface area contributed by atoms with Gasteiger partial charge in [-0.3, -0.25) is 4.79 Å². The van der Waals surface area contributed by atoms with Gasteiger partial charge in [0.15, 0.2) is 0 Å². The summed E-state index contributed by atoms with van der Waals surface area (Å²) < 4.78 is 37.9. The maximum Gasteiger partial charge on any atom is 0.391 e. The molecule has 122 valence electrons. The Bertz CT molecular complexity index is 364. The molecule has 1 saturated carbocycles. The molecule has 1 saturated heterocycles. The maximum absolute atomic E-state index is 12.6. The molecule has 1 aliphatic carbocycles. The smallest absolute Gasteiger partial charge is 0.342 e. The normalized spacial score (nSPS) is 30.2. The number of likely N-dealkylation sites (tertiary alicyclic amines) is 1. The highest BCUT2D eigenvalue weighted by molar-refractivity contribution is 5.78. The molecule has 3 nitrogen and oxygen atoms in total. The lowest BCUT2D eigenvalue weighted by atomic mass is 9.78. The first-order valence-electron chi connectivity index (χ1n) is 7.90. The minimum atomic E-state index is -4.13. The van der Waals surface area contributed by atoms with E-state index >= 15 is 0 Å². The number of rotatable bonds is 2. The van der Waals surface area contributed by atoms with E-state index in [1.807, 2.05) is 6.92 Å². The number of piperidine rings is 1. The van der Waals surface area contributed by atoms with Crippen LogP contribution in [-0.2, 0) is 4.79 Å². The zero-order chi connectivity index (χ0) is 15.6. The van der Waals surface area contributed by atoms with E-state index in [-0.39, 0.29) is 49.7 Å². The first-order valence-corrected chi connectivity index (χ1v) is 7.90. The number of alkyl halides is 3. The van der Waals surface area contributed by atoms with E-state index < -0.39 is 12.1 Å². The lowest BCUT2D eigenvalue weighted by molar-refractivity contribution is -0.187. The number of amides is 1. The van der Waals surface area contributed by atoms with Crippen molar-refractivity contribution in [3.8, 4) is 0 Å². The summed E-state index contributed by atoms with van der Waals surface area (Å²) in [5.41, 5.74) is 5.96. The highest BCUT2D eigenvalue weighted by atomic mass is 19.4. The molecule has 1 heterocycles. The minimum absolute atomic E-state index is 0.00900. The van der Waals surface area contributed by atoms with Gasteiger partial charge in [-0.25, -0.2) is 0 Å². The van der Waals surface area contributed by atoms with Crippen LogP contribution in [0.25, 0.3) is 0 Å². The van der Waals surface area contributed by atoms with Crippen molar-refractivity contribution in [1.29, 1.82) is 0 Å². The molecule has 1 aliphatic heterocycles. The molecule has 2 N–H and O–H groups in total. The maximum atomic E-state index is 12.6. The van der Waals surface area contributed by atoms with Crippen LogP contribution < -0.4 is 5.73 Å². The van der Waals surface area contributed by atoms with Crippen molar-refractivity contribution in [2.75, 3.05) is 13.1 Å². The number of carbonyl (C=O) groups is 1. The van der Waals surface area contributed by atoms with Gasteiger partial charge in [-0.15, -0.1) is 0 Å². The van der Waals surface area contributed by atoms with Crippen LogP contribution in [0.2, 0.25) is 0 Å². The number of hydrogen-bond acceptors (Lipinski definition) is 2. The second-order valence-electron chi connectivity index (χ2n) is 6.62. The number of hydrogen-bond donors (Lipinski definition) is 1. The summed E-state index contributed by atoms with van der Waals surface area (Å²) in [6.07, 6.45) is -0.158. The zero-order valence-corrected chi connectivity index (χ0v) is 12.5. The number of nitrogens with zero attached hydrogens (tertiary/aromatic N) is 1. The molecule has 0 aromatic carbocycles. The lowest BCUT2D eigenvalue weighted by Gasteiger charge is -2.37. The largest absolute Gasteiger partial charge is 0.391 e. The van der Waals surface area contributed by atoms with E-state index in [9.17, 15) is 18.0 Å². The summed E-state index contributed by atoms with van der Waals surface area (Å²) in [5.74, 6) is -1.09. The molecule has 2 fully saturated rings. The number of halogens is 3. The molecule has 3 atom stereocenters. The standard InChI is InChI=1S/C15H25F3N2O/c1-10(11-3-2-4-13(19)9-11)14(21)20-7-5-12(6-8-20)15(16,17)18/h10-13H,2-9,19H2,1H3. The molecule has 0 bridgehead atoms. The van der Waals surface area contributed by atoms with Gasteiger partial charge in [-0.05, 0) is 38.0 Å². The van der Waals surface area contributed by atoms with Crippen LogP contribution in [0.3, 0.4) is 0 Å². The summed E-state index contributed by atoms with van der Waals surface area (Å²) in [6.45, 7) is 2.36. The van der Waals surface area contributed by atoms with E-state index in [0.29, 0.717) is 0 Å². The second kappa shape index (κ2) is 6.55. The van der Waals surface area contributed by atoms with Crippen LogP contribution in [0.1, 0.15) is 45.4 Å². The Balaban J connectivity index is 1.86. The Morgan fingerprint density at radius 1 is 1.19 bits per heavy atom. The Morgan fingerprint density at radius 3 is 2.33 bits per heavy atom. The quantitative estimate of drug-likeness (QED) is 0.852.